The molecule has 5 rings (SSSR count). The lowest BCUT2D eigenvalue weighted by molar-refractivity contribution is 0.0697. The summed E-state index contributed by atoms with van der Waals surface area (Å²) in [5, 5.41) is 12.4. The van der Waals surface area contributed by atoms with Gasteiger partial charge in [0.15, 0.2) is 0 Å². The van der Waals surface area contributed by atoms with Crippen molar-refractivity contribution in [1.29, 1.82) is 0 Å². The van der Waals surface area contributed by atoms with Crippen LogP contribution in [0.4, 0.5) is 27.1 Å². The molecule has 2 aliphatic carbocycles. The lowest BCUT2D eigenvalue weighted by Crippen LogP contribution is -2.11. The molecule has 2 saturated carbocycles. The topological polar surface area (TPSA) is 61.8 Å². The van der Waals surface area contributed by atoms with E-state index in [1.165, 1.54) is 50.5 Å². The van der Waals surface area contributed by atoms with Gasteiger partial charge in [-0.15, -0.1) is 0 Å². The monoisotopic (exact) mass is 460 g/mol. The summed E-state index contributed by atoms with van der Waals surface area (Å²) in [6, 6.07) is 18.2. The van der Waals surface area contributed by atoms with Gasteiger partial charge in [0, 0.05) is 18.4 Å². The van der Waals surface area contributed by atoms with Crippen molar-refractivity contribution in [2.75, 3.05) is 24.4 Å². The van der Waals surface area contributed by atoms with Gasteiger partial charge in [0.1, 0.15) is 11.6 Å². The number of hydrogen-bond donors (Lipinski definition) is 2. The van der Waals surface area contributed by atoms with Crippen LogP contribution in [0.3, 0.4) is 0 Å². The molecule has 2 N–H and O–H groups in total. The predicted octanol–water partition coefficient (Wildman–Crippen LogP) is 6.95. The number of methoxy groups -OCH3 is 1. The van der Waals surface area contributed by atoms with Gasteiger partial charge in [-0.1, -0.05) is 18.6 Å². The van der Waals surface area contributed by atoms with Crippen molar-refractivity contribution in [3.63, 3.8) is 0 Å². The third kappa shape index (κ3) is 4.20. The molecule has 2 aliphatic rings. The summed E-state index contributed by atoms with van der Waals surface area (Å²) >= 11 is 0. The van der Waals surface area contributed by atoms with Crippen molar-refractivity contribution < 1.29 is 19.0 Å². The molecule has 2 bridgehead atoms. The second kappa shape index (κ2) is 9.01. The van der Waals surface area contributed by atoms with Crippen LogP contribution in [0.5, 0.6) is 5.75 Å². The molecule has 0 aliphatic heterocycles. The van der Waals surface area contributed by atoms with E-state index in [2.05, 4.69) is 29.6 Å². The Hall–Kier alpha value is -3.54. The molecule has 3 aromatic rings. The summed E-state index contributed by atoms with van der Waals surface area (Å²) in [7, 11) is 3.38. The zero-order chi connectivity index (χ0) is 23.8. The minimum Gasteiger partial charge on any atom is -0.497 e. The molecule has 3 atom stereocenters. The van der Waals surface area contributed by atoms with E-state index in [9.17, 15) is 14.3 Å². The average molecular weight is 461 g/mol. The van der Waals surface area contributed by atoms with Crippen LogP contribution in [-0.4, -0.2) is 25.2 Å². The lowest BCUT2D eigenvalue weighted by atomic mass is 9.83. The van der Waals surface area contributed by atoms with Gasteiger partial charge in [-0.25, -0.2) is 9.18 Å². The molecule has 6 heteroatoms. The first kappa shape index (κ1) is 22.3. The highest BCUT2D eigenvalue weighted by Gasteiger charge is 2.39. The zero-order valence-corrected chi connectivity index (χ0v) is 19.4. The molecule has 3 unspecified atom stereocenters. The molecule has 0 aromatic heterocycles. The maximum Gasteiger partial charge on any atom is 0.337 e. The SMILES string of the molecule is COc1ccc(Nc2ccc(N(C)c3ccc(C4CC5CCC4C5)cc3)cc2F)c(C(=O)O)c1. The van der Waals surface area contributed by atoms with Gasteiger partial charge in [0.05, 0.1) is 24.0 Å². The van der Waals surface area contributed by atoms with Gasteiger partial charge in [-0.05, 0) is 91.1 Å². The molecule has 0 spiro atoms. The smallest absolute Gasteiger partial charge is 0.337 e. The number of carboxylic acid groups (broad SMARTS) is 1. The Labute approximate surface area is 199 Å². The third-order valence-corrected chi connectivity index (χ3v) is 7.51. The largest absolute Gasteiger partial charge is 0.497 e. The van der Waals surface area contributed by atoms with Gasteiger partial charge >= 0.3 is 5.97 Å². The number of aromatic carboxylic acids is 1. The van der Waals surface area contributed by atoms with Gasteiger partial charge in [0.25, 0.3) is 0 Å². The molecule has 0 heterocycles. The van der Waals surface area contributed by atoms with Crippen LogP contribution >= 0.6 is 0 Å². The van der Waals surface area contributed by atoms with E-state index in [0.717, 1.165) is 17.5 Å². The van der Waals surface area contributed by atoms with E-state index in [0.29, 0.717) is 23.0 Å². The van der Waals surface area contributed by atoms with Gasteiger partial charge in [-0.3, -0.25) is 0 Å². The van der Waals surface area contributed by atoms with Crippen LogP contribution in [0.2, 0.25) is 0 Å². The van der Waals surface area contributed by atoms with Crippen LogP contribution in [0, 0.1) is 17.7 Å². The minimum atomic E-state index is -1.12. The summed E-state index contributed by atoms with van der Waals surface area (Å²) in [6.45, 7) is 0. The Kier molecular flexibility index (Phi) is 5.90. The van der Waals surface area contributed by atoms with Gasteiger partial charge in [0.2, 0.25) is 0 Å². The molecular weight excluding hydrogens is 431 g/mol. The minimum absolute atomic E-state index is 0.00974. The molecule has 2 fully saturated rings. The summed E-state index contributed by atoms with van der Waals surface area (Å²) < 4.78 is 20.1. The first-order valence-corrected chi connectivity index (χ1v) is 11.7. The quantitative estimate of drug-likeness (QED) is 0.400. The fourth-order valence-electron chi connectivity index (χ4n) is 5.64. The first-order valence-electron chi connectivity index (χ1n) is 11.7. The number of rotatable bonds is 7. The molecule has 0 radical (unpaired) electrons. The Morgan fingerprint density at radius 3 is 2.35 bits per heavy atom. The number of fused-ring (bicyclic) bond motifs is 2. The number of carbonyl (C=O) groups is 1. The Balaban J connectivity index is 1.32. The maximum atomic E-state index is 15.0. The van der Waals surface area contributed by atoms with E-state index in [-0.39, 0.29) is 11.3 Å². The fraction of sp³-hybridized carbons (Fsp3) is 0.321. The second-order valence-electron chi connectivity index (χ2n) is 9.44. The van der Waals surface area contributed by atoms with Crippen LogP contribution in [0.1, 0.15) is 47.5 Å². The highest BCUT2D eigenvalue weighted by molar-refractivity contribution is 5.95. The normalized spacial score (nSPS) is 20.9. The van der Waals surface area contributed by atoms with E-state index in [1.54, 1.807) is 18.2 Å². The van der Waals surface area contributed by atoms with E-state index in [1.807, 2.05) is 18.0 Å². The van der Waals surface area contributed by atoms with Crippen LogP contribution < -0.4 is 15.0 Å². The highest BCUT2D eigenvalue weighted by atomic mass is 19.1. The molecular formula is C28H29FN2O3. The van der Waals surface area contributed by atoms with Crippen molar-refractivity contribution in [1.82, 2.24) is 0 Å². The van der Waals surface area contributed by atoms with Gasteiger partial charge in [-0.2, -0.15) is 0 Å². The third-order valence-electron chi connectivity index (χ3n) is 7.51. The van der Waals surface area contributed by atoms with Crippen molar-refractivity contribution in [3.05, 3.63) is 77.6 Å². The number of anilines is 4. The summed E-state index contributed by atoms with van der Waals surface area (Å²) in [5.74, 6) is 1.29. The average Bonchev–Trinajstić information content (AvgIpc) is 3.49. The summed E-state index contributed by atoms with van der Waals surface area (Å²) in [5.41, 5.74) is 3.64. The predicted molar refractivity (Wildman–Crippen MR) is 132 cm³/mol. The molecule has 3 aromatic carbocycles. The number of hydrogen-bond acceptors (Lipinski definition) is 4. The maximum absolute atomic E-state index is 15.0. The van der Waals surface area contributed by atoms with E-state index >= 15 is 0 Å². The first-order chi connectivity index (χ1) is 16.4. The zero-order valence-electron chi connectivity index (χ0n) is 19.4. The standard InChI is InChI=1S/C28H29FN2O3/c1-31(20-7-5-18(6-8-20)23-14-17-3-4-19(23)13-17)21-9-11-27(25(29)15-21)30-26-12-10-22(34-2)16-24(26)28(32)33/h5-12,15-17,19,23,30H,3-4,13-14H2,1-2H3,(H,32,33). The number of halogens is 1. The number of carboxylic acids is 1. The van der Waals surface area contributed by atoms with Crippen LogP contribution in [0.25, 0.3) is 0 Å². The molecule has 0 amide bonds. The number of benzene rings is 3. The number of nitrogens with zero attached hydrogens (tertiary/aromatic N) is 1. The Morgan fingerprint density at radius 2 is 1.74 bits per heavy atom. The van der Waals surface area contributed by atoms with Crippen LogP contribution in [0.15, 0.2) is 60.7 Å². The van der Waals surface area contributed by atoms with E-state index in [4.69, 9.17) is 4.74 Å². The highest BCUT2D eigenvalue weighted by Crippen LogP contribution is 2.53. The number of ether oxygens (including phenoxy) is 1. The Bertz CT molecular complexity index is 1210. The van der Waals surface area contributed by atoms with Crippen molar-refractivity contribution >= 4 is 28.7 Å². The molecule has 5 nitrogen and oxygen atoms in total. The summed E-state index contributed by atoms with van der Waals surface area (Å²) in [6.07, 6.45) is 5.46. The van der Waals surface area contributed by atoms with Crippen molar-refractivity contribution in [2.24, 2.45) is 11.8 Å². The van der Waals surface area contributed by atoms with Crippen molar-refractivity contribution in [3.8, 4) is 5.75 Å². The lowest BCUT2D eigenvalue weighted by Gasteiger charge is -2.24. The van der Waals surface area contributed by atoms with Gasteiger partial charge < -0.3 is 20.1 Å². The van der Waals surface area contributed by atoms with Crippen LogP contribution in [-0.2, 0) is 0 Å². The fourth-order valence-corrected chi connectivity index (χ4v) is 5.64. The number of nitrogens with one attached hydrogen (secondary N) is 1. The van der Waals surface area contributed by atoms with E-state index < -0.39 is 11.8 Å². The molecule has 34 heavy (non-hydrogen) atoms. The Morgan fingerprint density at radius 1 is 1.00 bits per heavy atom. The molecule has 0 saturated heterocycles. The van der Waals surface area contributed by atoms with Crippen molar-refractivity contribution in [2.45, 2.75) is 31.6 Å². The second-order valence-corrected chi connectivity index (χ2v) is 9.44. The summed E-state index contributed by atoms with van der Waals surface area (Å²) in [4.78, 5) is 13.6. The molecule has 176 valence electrons.